The van der Waals surface area contributed by atoms with Crippen molar-refractivity contribution in [2.75, 3.05) is 11.6 Å². The second-order valence-electron chi connectivity index (χ2n) is 6.50. The molecule has 0 radical (unpaired) electrons. The lowest BCUT2D eigenvalue weighted by Gasteiger charge is -2.18. The molecule has 0 unspecified atom stereocenters. The van der Waals surface area contributed by atoms with Gasteiger partial charge < -0.3 is 15.0 Å². The zero-order valence-electron chi connectivity index (χ0n) is 16.0. The number of ether oxygens (including phenoxy) is 1. The molecule has 0 aliphatic heterocycles. The Labute approximate surface area is 179 Å². The summed E-state index contributed by atoms with van der Waals surface area (Å²) in [6, 6.07) is 5.23. The van der Waals surface area contributed by atoms with Gasteiger partial charge in [-0.15, -0.1) is 13.2 Å². The summed E-state index contributed by atoms with van der Waals surface area (Å²) in [5.74, 6) is -0.913. The smallest absolute Gasteiger partial charge is 0.404 e. The van der Waals surface area contributed by atoms with E-state index in [1.165, 1.54) is 25.1 Å². The van der Waals surface area contributed by atoms with E-state index in [9.17, 15) is 26.0 Å². The van der Waals surface area contributed by atoms with Gasteiger partial charge in [-0.2, -0.15) is 0 Å². The zero-order valence-corrected chi connectivity index (χ0v) is 17.5. The number of sulfone groups is 1. The first-order chi connectivity index (χ1) is 14.3. The largest absolute Gasteiger partial charge is 0.573 e. The lowest BCUT2D eigenvalue weighted by atomic mass is 10.1. The number of aromatic amines is 1. The fraction of sp³-hybridized carbons (Fsp3) is 0.222. The summed E-state index contributed by atoms with van der Waals surface area (Å²) in [5.41, 5.74) is 0.678. The summed E-state index contributed by atoms with van der Waals surface area (Å²) in [7, 11) is -3.63. The van der Waals surface area contributed by atoms with Crippen molar-refractivity contribution in [1.82, 2.24) is 15.0 Å². The van der Waals surface area contributed by atoms with Crippen LogP contribution in [0.1, 0.15) is 23.1 Å². The van der Waals surface area contributed by atoms with Crippen LogP contribution < -0.4 is 10.1 Å². The van der Waals surface area contributed by atoms with Gasteiger partial charge in [-0.3, -0.25) is 0 Å². The molecule has 0 saturated heterocycles. The summed E-state index contributed by atoms with van der Waals surface area (Å²) in [6.07, 6.45) is -3.00. The number of anilines is 1. The van der Waals surface area contributed by atoms with Crippen LogP contribution in [0.3, 0.4) is 0 Å². The van der Waals surface area contributed by atoms with E-state index in [-0.39, 0.29) is 27.4 Å². The maximum Gasteiger partial charge on any atom is 0.573 e. The normalized spacial score (nSPS) is 13.1. The standard InChI is InChI=1S/C18H15ClF4N4O3S/c1-9-17(31(2,28)29)27-16(25-9)15(10-3-5-13(20)12(19)7-10)26-14-6-4-11(8-24-14)30-18(21,22)23/h3-8,15H,1-2H3,(H,24,26)(H,25,27)/t15-/m1/s1. The molecular formula is C18H15ClF4N4O3S. The number of imidazole rings is 1. The molecule has 1 atom stereocenters. The molecule has 31 heavy (non-hydrogen) atoms. The molecule has 13 heteroatoms. The van der Waals surface area contributed by atoms with E-state index < -0.39 is 33.8 Å². The van der Waals surface area contributed by atoms with E-state index in [4.69, 9.17) is 11.6 Å². The molecule has 7 nitrogen and oxygen atoms in total. The molecular weight excluding hydrogens is 464 g/mol. The highest BCUT2D eigenvalue weighted by Gasteiger charge is 2.31. The Morgan fingerprint density at radius 1 is 1.23 bits per heavy atom. The zero-order chi connectivity index (χ0) is 23.0. The number of pyridine rings is 1. The van der Waals surface area contributed by atoms with Crippen LogP contribution in [0.5, 0.6) is 5.75 Å². The lowest BCUT2D eigenvalue weighted by molar-refractivity contribution is -0.274. The van der Waals surface area contributed by atoms with E-state index in [2.05, 4.69) is 25.0 Å². The van der Waals surface area contributed by atoms with Crippen molar-refractivity contribution >= 4 is 27.3 Å². The highest BCUT2D eigenvalue weighted by molar-refractivity contribution is 7.90. The third-order valence-electron chi connectivity index (χ3n) is 4.02. The number of nitrogens with one attached hydrogen (secondary N) is 2. The number of benzene rings is 1. The van der Waals surface area contributed by atoms with Crippen molar-refractivity contribution in [3.05, 3.63) is 64.5 Å². The fourth-order valence-corrected chi connectivity index (χ4v) is 3.83. The van der Waals surface area contributed by atoms with Crippen LogP contribution in [0.2, 0.25) is 5.02 Å². The molecule has 0 fully saturated rings. The topological polar surface area (TPSA) is 97.0 Å². The first kappa shape index (κ1) is 22.8. The van der Waals surface area contributed by atoms with E-state index in [0.717, 1.165) is 24.6 Å². The number of alkyl halides is 3. The van der Waals surface area contributed by atoms with E-state index in [1.54, 1.807) is 0 Å². The quantitative estimate of drug-likeness (QED) is 0.509. The number of aromatic nitrogens is 3. The predicted molar refractivity (Wildman–Crippen MR) is 104 cm³/mol. The molecule has 3 rings (SSSR count). The first-order valence-corrected chi connectivity index (χ1v) is 10.8. The molecule has 2 N–H and O–H groups in total. The Kier molecular flexibility index (Phi) is 6.14. The number of hydrogen-bond donors (Lipinski definition) is 2. The average molecular weight is 479 g/mol. The van der Waals surface area contributed by atoms with Crippen LogP contribution in [0.4, 0.5) is 23.4 Å². The maximum atomic E-state index is 13.6. The van der Waals surface area contributed by atoms with E-state index in [1.807, 2.05) is 0 Å². The van der Waals surface area contributed by atoms with Crippen molar-refractivity contribution in [2.45, 2.75) is 24.4 Å². The number of hydrogen-bond acceptors (Lipinski definition) is 6. The van der Waals surface area contributed by atoms with Gasteiger partial charge in [0.2, 0.25) is 0 Å². The van der Waals surface area contributed by atoms with Crippen molar-refractivity contribution < 1.29 is 30.7 Å². The molecule has 166 valence electrons. The molecule has 0 spiro atoms. The molecule has 0 saturated carbocycles. The molecule has 1 aromatic carbocycles. The van der Waals surface area contributed by atoms with Crippen LogP contribution >= 0.6 is 11.6 Å². The van der Waals surface area contributed by atoms with Gasteiger partial charge in [-0.25, -0.2) is 22.8 Å². The van der Waals surface area contributed by atoms with Crippen molar-refractivity contribution in [3.8, 4) is 5.75 Å². The molecule has 2 heterocycles. The predicted octanol–water partition coefficient (Wildman–Crippen LogP) is 4.41. The van der Waals surface area contributed by atoms with Gasteiger partial charge in [0.1, 0.15) is 29.3 Å². The number of aryl methyl sites for hydroxylation is 1. The van der Waals surface area contributed by atoms with Crippen LogP contribution in [-0.2, 0) is 9.84 Å². The summed E-state index contributed by atoms with van der Waals surface area (Å²) < 4.78 is 78.3. The summed E-state index contributed by atoms with van der Waals surface area (Å²) >= 11 is 5.87. The third-order valence-corrected chi connectivity index (χ3v) is 5.41. The lowest BCUT2D eigenvalue weighted by Crippen LogP contribution is -2.18. The Morgan fingerprint density at radius 2 is 1.94 bits per heavy atom. The van der Waals surface area contributed by atoms with Crippen LogP contribution in [0.15, 0.2) is 41.6 Å². The Hall–Kier alpha value is -2.86. The number of rotatable bonds is 6. The molecule has 0 aliphatic rings. The van der Waals surface area contributed by atoms with E-state index in [0.29, 0.717) is 5.56 Å². The van der Waals surface area contributed by atoms with E-state index >= 15 is 0 Å². The number of H-pyrrole nitrogens is 1. The minimum atomic E-state index is -4.86. The number of halogens is 5. The van der Waals surface area contributed by atoms with Crippen LogP contribution in [0.25, 0.3) is 0 Å². The monoisotopic (exact) mass is 478 g/mol. The Morgan fingerprint density at radius 3 is 2.45 bits per heavy atom. The average Bonchev–Trinajstić information content (AvgIpc) is 3.04. The van der Waals surface area contributed by atoms with Crippen molar-refractivity contribution in [1.29, 1.82) is 0 Å². The SMILES string of the molecule is Cc1[nH]c([C@H](Nc2ccc(OC(F)(F)F)cn2)c2ccc(F)c(Cl)c2)nc1S(C)(=O)=O. The molecule has 0 aliphatic carbocycles. The van der Waals surface area contributed by atoms with Crippen molar-refractivity contribution in [3.63, 3.8) is 0 Å². The minimum absolute atomic E-state index is 0.120. The highest BCUT2D eigenvalue weighted by atomic mass is 35.5. The first-order valence-electron chi connectivity index (χ1n) is 8.53. The second kappa shape index (κ2) is 8.35. The summed E-state index contributed by atoms with van der Waals surface area (Å²) in [5, 5.41) is 2.56. The number of nitrogens with zero attached hydrogens (tertiary/aromatic N) is 2. The Bertz CT molecular complexity index is 1200. The van der Waals surface area contributed by atoms with Gasteiger partial charge in [-0.05, 0) is 36.8 Å². The van der Waals surface area contributed by atoms with Gasteiger partial charge in [-0.1, -0.05) is 17.7 Å². The second-order valence-corrected chi connectivity index (χ2v) is 8.84. The van der Waals surface area contributed by atoms with Crippen molar-refractivity contribution in [2.24, 2.45) is 0 Å². The Balaban J connectivity index is 2.00. The van der Waals surface area contributed by atoms with Gasteiger partial charge in [0.15, 0.2) is 14.9 Å². The highest BCUT2D eigenvalue weighted by Crippen LogP contribution is 2.30. The minimum Gasteiger partial charge on any atom is -0.404 e. The van der Waals surface area contributed by atoms with Gasteiger partial charge in [0.05, 0.1) is 16.9 Å². The molecule has 3 aromatic rings. The molecule has 2 aromatic heterocycles. The van der Waals surface area contributed by atoms with Crippen LogP contribution in [0, 0.1) is 12.7 Å². The van der Waals surface area contributed by atoms with Gasteiger partial charge in [0.25, 0.3) is 0 Å². The summed E-state index contributed by atoms with van der Waals surface area (Å²) in [6.45, 7) is 1.52. The summed E-state index contributed by atoms with van der Waals surface area (Å²) in [4.78, 5) is 10.9. The molecule has 0 amide bonds. The van der Waals surface area contributed by atoms with Crippen LogP contribution in [-0.4, -0.2) is 36.0 Å². The fourth-order valence-electron chi connectivity index (χ4n) is 2.77. The third kappa shape index (κ3) is 5.64. The van der Waals surface area contributed by atoms with Gasteiger partial charge in [0, 0.05) is 6.26 Å². The molecule has 0 bridgehead atoms. The van der Waals surface area contributed by atoms with Gasteiger partial charge >= 0.3 is 6.36 Å². The maximum absolute atomic E-state index is 13.6.